The van der Waals surface area contributed by atoms with E-state index in [1.807, 2.05) is 13.8 Å². The number of amides is 2. The van der Waals surface area contributed by atoms with Crippen LogP contribution in [0.25, 0.3) is 0 Å². The van der Waals surface area contributed by atoms with Crippen molar-refractivity contribution in [2.24, 2.45) is 5.92 Å². The molecule has 2 fully saturated rings. The SMILES string of the molecule is CC(=O)SCC1CC(N2C(=O)c3ccccc3C2=O)C2OC(C)(C)OC12. The Bertz CT molecular complexity index is 757. The van der Waals surface area contributed by atoms with E-state index < -0.39 is 5.79 Å². The van der Waals surface area contributed by atoms with Crippen LogP contribution in [-0.4, -0.2) is 51.6 Å². The van der Waals surface area contributed by atoms with Gasteiger partial charge >= 0.3 is 0 Å². The molecule has 3 aliphatic rings. The second-order valence-corrected chi connectivity index (χ2v) is 8.65. The van der Waals surface area contributed by atoms with Gasteiger partial charge in [0.1, 0.15) is 6.10 Å². The highest BCUT2D eigenvalue weighted by Gasteiger charge is 2.58. The van der Waals surface area contributed by atoms with E-state index >= 15 is 0 Å². The lowest BCUT2D eigenvalue weighted by Gasteiger charge is -2.28. The first kappa shape index (κ1) is 17.7. The highest BCUT2D eigenvalue weighted by atomic mass is 32.2. The number of hydrogen-bond acceptors (Lipinski definition) is 6. The maximum atomic E-state index is 12.9. The molecular weight excluding hydrogens is 354 g/mol. The van der Waals surface area contributed by atoms with Gasteiger partial charge in [-0.2, -0.15) is 0 Å². The molecule has 1 aliphatic carbocycles. The average molecular weight is 375 g/mol. The number of hydrogen-bond donors (Lipinski definition) is 0. The van der Waals surface area contributed by atoms with Crippen LogP contribution >= 0.6 is 11.8 Å². The van der Waals surface area contributed by atoms with Crippen molar-refractivity contribution in [2.75, 3.05) is 5.75 Å². The summed E-state index contributed by atoms with van der Waals surface area (Å²) in [6.45, 7) is 5.20. The van der Waals surface area contributed by atoms with E-state index in [1.54, 1.807) is 24.3 Å². The van der Waals surface area contributed by atoms with Crippen LogP contribution in [0.4, 0.5) is 0 Å². The van der Waals surface area contributed by atoms with Gasteiger partial charge in [-0.15, -0.1) is 0 Å². The highest BCUT2D eigenvalue weighted by molar-refractivity contribution is 8.13. The van der Waals surface area contributed by atoms with E-state index in [9.17, 15) is 14.4 Å². The Morgan fingerprint density at radius 3 is 2.31 bits per heavy atom. The molecule has 1 aromatic carbocycles. The molecule has 0 spiro atoms. The maximum absolute atomic E-state index is 12.9. The zero-order valence-corrected chi connectivity index (χ0v) is 15.7. The molecule has 26 heavy (non-hydrogen) atoms. The zero-order valence-electron chi connectivity index (χ0n) is 14.9. The molecule has 138 valence electrons. The molecule has 2 amide bonds. The van der Waals surface area contributed by atoms with Gasteiger partial charge in [0.25, 0.3) is 11.8 Å². The summed E-state index contributed by atoms with van der Waals surface area (Å²) < 4.78 is 12.1. The Kier molecular flexibility index (Phi) is 4.21. The fourth-order valence-electron chi connectivity index (χ4n) is 4.21. The molecule has 1 aromatic rings. The minimum Gasteiger partial charge on any atom is -0.344 e. The Morgan fingerprint density at radius 1 is 1.15 bits per heavy atom. The summed E-state index contributed by atoms with van der Waals surface area (Å²) in [5, 5.41) is 0.0453. The number of nitrogens with zero attached hydrogens (tertiary/aromatic N) is 1. The van der Waals surface area contributed by atoms with Gasteiger partial charge in [0.2, 0.25) is 0 Å². The Balaban J connectivity index is 1.63. The average Bonchev–Trinajstić information content (AvgIpc) is 3.15. The van der Waals surface area contributed by atoms with E-state index in [1.165, 1.54) is 23.6 Å². The molecule has 4 atom stereocenters. The van der Waals surface area contributed by atoms with Gasteiger partial charge in [-0.3, -0.25) is 19.3 Å². The van der Waals surface area contributed by atoms with Crippen LogP contribution in [0.3, 0.4) is 0 Å². The van der Waals surface area contributed by atoms with Gasteiger partial charge < -0.3 is 9.47 Å². The first-order valence-corrected chi connectivity index (χ1v) is 9.73. The Morgan fingerprint density at radius 2 is 1.73 bits per heavy atom. The normalized spacial score (nSPS) is 32.0. The van der Waals surface area contributed by atoms with Crippen LogP contribution in [-0.2, 0) is 14.3 Å². The van der Waals surface area contributed by atoms with Gasteiger partial charge in [-0.05, 0) is 38.3 Å². The van der Waals surface area contributed by atoms with Gasteiger partial charge in [-0.25, -0.2) is 0 Å². The maximum Gasteiger partial charge on any atom is 0.261 e. The van der Waals surface area contributed by atoms with Crippen molar-refractivity contribution in [3.63, 3.8) is 0 Å². The molecular formula is C19H21NO5S. The molecule has 6 nitrogen and oxygen atoms in total. The largest absolute Gasteiger partial charge is 0.344 e. The van der Waals surface area contributed by atoms with Crippen LogP contribution in [0, 0.1) is 5.92 Å². The third-order valence-corrected chi connectivity index (χ3v) is 6.21. The second-order valence-electron chi connectivity index (χ2n) is 7.46. The third kappa shape index (κ3) is 2.78. The summed E-state index contributed by atoms with van der Waals surface area (Å²) in [6, 6.07) is 6.50. The topological polar surface area (TPSA) is 72.9 Å². The summed E-state index contributed by atoms with van der Waals surface area (Å²) in [5.41, 5.74) is 0.877. The van der Waals surface area contributed by atoms with Crippen molar-refractivity contribution >= 4 is 28.7 Å². The number of carbonyl (C=O) groups excluding carboxylic acids is 3. The van der Waals surface area contributed by atoms with Crippen LogP contribution in [0.2, 0.25) is 0 Å². The fourth-order valence-corrected chi connectivity index (χ4v) is 4.98. The predicted molar refractivity (Wildman–Crippen MR) is 95.8 cm³/mol. The number of rotatable bonds is 3. The monoisotopic (exact) mass is 375 g/mol. The number of thioether (sulfide) groups is 1. The lowest BCUT2D eigenvalue weighted by molar-refractivity contribution is -0.159. The molecule has 0 N–H and O–H groups in total. The van der Waals surface area contributed by atoms with E-state index in [2.05, 4.69) is 0 Å². The van der Waals surface area contributed by atoms with Gasteiger partial charge in [0, 0.05) is 12.7 Å². The van der Waals surface area contributed by atoms with Crippen LogP contribution in [0.1, 0.15) is 47.9 Å². The fraction of sp³-hybridized carbons (Fsp3) is 0.526. The van der Waals surface area contributed by atoms with E-state index in [0.717, 1.165) is 0 Å². The summed E-state index contributed by atoms with van der Waals surface area (Å²) in [6.07, 6.45) is -0.0205. The Hall–Kier alpha value is -1.70. The van der Waals surface area contributed by atoms with E-state index in [0.29, 0.717) is 23.3 Å². The van der Waals surface area contributed by atoms with E-state index in [4.69, 9.17) is 9.47 Å². The summed E-state index contributed by atoms with van der Waals surface area (Å²) in [5.74, 6) is -0.684. The molecule has 1 saturated carbocycles. The minimum absolute atomic E-state index is 0.0453. The zero-order chi connectivity index (χ0) is 18.6. The summed E-state index contributed by atoms with van der Waals surface area (Å²) in [4.78, 5) is 38.5. The molecule has 2 aliphatic heterocycles. The van der Waals surface area contributed by atoms with E-state index in [-0.39, 0.29) is 41.1 Å². The van der Waals surface area contributed by atoms with Crippen molar-refractivity contribution in [1.29, 1.82) is 0 Å². The van der Waals surface area contributed by atoms with Crippen LogP contribution in [0.5, 0.6) is 0 Å². The van der Waals surface area contributed by atoms with Crippen LogP contribution < -0.4 is 0 Å². The smallest absolute Gasteiger partial charge is 0.261 e. The quantitative estimate of drug-likeness (QED) is 0.756. The second kappa shape index (κ2) is 6.18. The van der Waals surface area contributed by atoms with Crippen molar-refractivity contribution < 1.29 is 23.9 Å². The van der Waals surface area contributed by atoms with Gasteiger partial charge in [-0.1, -0.05) is 23.9 Å². The molecule has 4 rings (SSSR count). The van der Waals surface area contributed by atoms with Crippen molar-refractivity contribution in [2.45, 2.75) is 51.2 Å². The number of imide groups is 1. The third-order valence-electron chi connectivity index (χ3n) is 5.21. The van der Waals surface area contributed by atoms with Gasteiger partial charge in [0.15, 0.2) is 10.9 Å². The molecule has 1 saturated heterocycles. The lowest BCUT2D eigenvalue weighted by atomic mass is 10.1. The number of ether oxygens (including phenoxy) is 2. The van der Waals surface area contributed by atoms with Crippen molar-refractivity contribution in [3.8, 4) is 0 Å². The first-order valence-electron chi connectivity index (χ1n) is 8.74. The minimum atomic E-state index is -0.772. The van der Waals surface area contributed by atoms with Crippen molar-refractivity contribution in [1.82, 2.24) is 4.90 Å². The highest BCUT2D eigenvalue weighted by Crippen LogP contribution is 2.46. The molecule has 4 unspecified atom stereocenters. The molecule has 2 heterocycles. The molecule has 0 radical (unpaired) electrons. The van der Waals surface area contributed by atoms with Crippen LogP contribution in [0.15, 0.2) is 24.3 Å². The standard InChI is InChI=1S/C19H21NO5S/c1-10(21)26-9-11-8-14(16-15(11)24-19(2,3)25-16)20-17(22)12-6-4-5-7-13(12)18(20)23/h4-7,11,14-16H,8-9H2,1-3H3. The summed E-state index contributed by atoms with van der Waals surface area (Å²) >= 11 is 1.25. The first-order chi connectivity index (χ1) is 12.3. The summed E-state index contributed by atoms with van der Waals surface area (Å²) in [7, 11) is 0. The van der Waals surface area contributed by atoms with Crippen molar-refractivity contribution in [3.05, 3.63) is 35.4 Å². The molecule has 0 aromatic heterocycles. The van der Waals surface area contributed by atoms with Gasteiger partial charge in [0.05, 0.1) is 23.3 Å². The number of carbonyl (C=O) groups is 3. The predicted octanol–water partition coefficient (Wildman–Crippen LogP) is 2.47. The lowest BCUT2D eigenvalue weighted by Crippen LogP contribution is -2.46. The Labute approximate surface area is 156 Å². The number of benzene rings is 1. The molecule has 0 bridgehead atoms. The molecule has 7 heteroatoms. The number of fused-ring (bicyclic) bond motifs is 2.